The van der Waals surface area contributed by atoms with Crippen LogP contribution in [0.4, 0.5) is 5.69 Å². The van der Waals surface area contributed by atoms with Gasteiger partial charge in [0.15, 0.2) is 0 Å². The Morgan fingerprint density at radius 1 is 1.36 bits per heavy atom. The third-order valence-corrected chi connectivity index (χ3v) is 2.54. The molecule has 0 aromatic heterocycles. The molecular weight excluding hydrogens is 176 g/mol. The normalized spacial score (nSPS) is 22.5. The first-order valence-electron chi connectivity index (χ1n) is 4.98. The van der Waals surface area contributed by atoms with E-state index in [0.29, 0.717) is 6.10 Å². The highest BCUT2D eigenvalue weighted by atomic mass is 16.5. The third kappa shape index (κ3) is 2.25. The summed E-state index contributed by atoms with van der Waals surface area (Å²) in [5.74, 6) is 0. The molecule has 14 heavy (non-hydrogen) atoms. The summed E-state index contributed by atoms with van der Waals surface area (Å²) in [5.41, 5.74) is 4.50. The minimum absolute atomic E-state index is 0.381. The predicted molar refractivity (Wildman–Crippen MR) is 57.1 cm³/mol. The van der Waals surface area contributed by atoms with Crippen molar-refractivity contribution >= 4 is 5.69 Å². The molecule has 76 valence electrons. The van der Waals surface area contributed by atoms with Crippen LogP contribution in [0.15, 0.2) is 30.3 Å². The number of ether oxygens (including phenoxy) is 1. The maximum atomic E-state index is 5.30. The van der Waals surface area contributed by atoms with Gasteiger partial charge < -0.3 is 10.2 Å². The van der Waals surface area contributed by atoms with Crippen molar-refractivity contribution in [2.75, 3.05) is 25.6 Å². The molecule has 2 rings (SSSR count). The van der Waals surface area contributed by atoms with Crippen LogP contribution in [0.1, 0.15) is 6.42 Å². The number of hydrazine groups is 1. The van der Waals surface area contributed by atoms with Crippen LogP contribution < -0.4 is 5.43 Å². The molecule has 0 bridgehead atoms. The molecule has 1 aliphatic heterocycles. The fourth-order valence-corrected chi connectivity index (χ4v) is 1.72. The molecule has 1 atom stereocenters. The van der Waals surface area contributed by atoms with Crippen LogP contribution in [-0.4, -0.2) is 31.3 Å². The SMILES string of the molecule is COC1CCN(Nc2ccccc2)C1. The number of benzene rings is 1. The van der Waals surface area contributed by atoms with Crippen molar-refractivity contribution in [3.63, 3.8) is 0 Å². The van der Waals surface area contributed by atoms with Crippen molar-refractivity contribution in [2.45, 2.75) is 12.5 Å². The lowest BCUT2D eigenvalue weighted by Gasteiger charge is -2.18. The molecule has 1 N–H and O–H groups in total. The predicted octanol–water partition coefficient (Wildman–Crippen LogP) is 1.73. The van der Waals surface area contributed by atoms with Gasteiger partial charge in [0.25, 0.3) is 0 Å². The second kappa shape index (κ2) is 4.44. The lowest BCUT2D eigenvalue weighted by molar-refractivity contribution is 0.111. The second-order valence-corrected chi connectivity index (χ2v) is 3.57. The Kier molecular flexibility index (Phi) is 3.01. The summed E-state index contributed by atoms with van der Waals surface area (Å²) in [6.45, 7) is 2.01. The molecular formula is C11H16N2O. The summed E-state index contributed by atoms with van der Waals surface area (Å²) in [5, 5.41) is 2.20. The third-order valence-electron chi connectivity index (χ3n) is 2.54. The number of para-hydroxylation sites is 1. The molecule has 0 saturated carbocycles. The average molecular weight is 192 g/mol. The maximum Gasteiger partial charge on any atom is 0.0729 e. The first-order valence-corrected chi connectivity index (χ1v) is 4.98. The van der Waals surface area contributed by atoms with Crippen LogP contribution in [0.2, 0.25) is 0 Å². The average Bonchev–Trinajstić information content (AvgIpc) is 2.67. The Labute approximate surface area is 84.6 Å². The fourth-order valence-electron chi connectivity index (χ4n) is 1.72. The Balaban J connectivity index is 1.88. The van der Waals surface area contributed by atoms with Crippen LogP contribution in [0.3, 0.4) is 0 Å². The molecule has 3 nitrogen and oxygen atoms in total. The van der Waals surface area contributed by atoms with Gasteiger partial charge in [-0.1, -0.05) is 18.2 Å². The first-order chi connectivity index (χ1) is 6.88. The molecule has 0 amide bonds. The number of hydrogen-bond donors (Lipinski definition) is 1. The van der Waals surface area contributed by atoms with E-state index in [4.69, 9.17) is 4.74 Å². The van der Waals surface area contributed by atoms with Gasteiger partial charge in [0, 0.05) is 25.9 Å². The Morgan fingerprint density at radius 2 is 2.14 bits per heavy atom. The topological polar surface area (TPSA) is 24.5 Å². The zero-order valence-electron chi connectivity index (χ0n) is 8.44. The molecule has 1 fully saturated rings. The van der Waals surface area contributed by atoms with Gasteiger partial charge in [0.05, 0.1) is 6.10 Å². The van der Waals surface area contributed by atoms with Crippen LogP contribution in [0, 0.1) is 0 Å². The summed E-state index contributed by atoms with van der Waals surface area (Å²) in [6, 6.07) is 10.2. The number of methoxy groups -OCH3 is 1. The smallest absolute Gasteiger partial charge is 0.0729 e. The van der Waals surface area contributed by atoms with Gasteiger partial charge in [-0.2, -0.15) is 0 Å². The first kappa shape index (κ1) is 9.49. The van der Waals surface area contributed by atoms with Gasteiger partial charge in [0.1, 0.15) is 0 Å². The number of nitrogens with zero attached hydrogens (tertiary/aromatic N) is 1. The van der Waals surface area contributed by atoms with Crippen molar-refractivity contribution in [1.29, 1.82) is 0 Å². The molecule has 3 heteroatoms. The van der Waals surface area contributed by atoms with Crippen LogP contribution in [-0.2, 0) is 4.74 Å². The van der Waals surface area contributed by atoms with E-state index in [1.807, 2.05) is 18.2 Å². The van der Waals surface area contributed by atoms with E-state index in [2.05, 4.69) is 22.6 Å². The van der Waals surface area contributed by atoms with Crippen LogP contribution in [0.5, 0.6) is 0 Å². The number of nitrogens with one attached hydrogen (secondary N) is 1. The van der Waals surface area contributed by atoms with E-state index in [9.17, 15) is 0 Å². The summed E-state index contributed by atoms with van der Waals surface area (Å²) >= 11 is 0. The minimum atomic E-state index is 0.381. The van der Waals surface area contributed by atoms with Crippen molar-refractivity contribution in [3.8, 4) is 0 Å². The fraction of sp³-hybridized carbons (Fsp3) is 0.455. The molecule has 1 aliphatic rings. The van der Waals surface area contributed by atoms with E-state index in [1.165, 1.54) is 0 Å². The molecule has 1 aromatic rings. The summed E-state index contributed by atoms with van der Waals surface area (Å²) in [6.07, 6.45) is 1.49. The van der Waals surface area contributed by atoms with Gasteiger partial charge in [-0.25, -0.2) is 5.01 Å². The van der Waals surface area contributed by atoms with E-state index in [0.717, 1.165) is 25.2 Å². The quantitative estimate of drug-likeness (QED) is 0.789. The molecule has 0 spiro atoms. The molecule has 1 unspecified atom stereocenters. The molecule has 1 aromatic carbocycles. The van der Waals surface area contributed by atoms with Gasteiger partial charge in [-0.15, -0.1) is 0 Å². The van der Waals surface area contributed by atoms with Gasteiger partial charge >= 0.3 is 0 Å². The summed E-state index contributed by atoms with van der Waals surface area (Å²) < 4.78 is 5.30. The van der Waals surface area contributed by atoms with Crippen LogP contribution in [0.25, 0.3) is 0 Å². The Bertz CT molecular complexity index is 276. The van der Waals surface area contributed by atoms with Crippen LogP contribution >= 0.6 is 0 Å². The highest BCUT2D eigenvalue weighted by Gasteiger charge is 2.21. The lowest BCUT2D eigenvalue weighted by atomic mass is 10.3. The lowest BCUT2D eigenvalue weighted by Crippen LogP contribution is -2.28. The molecule has 1 heterocycles. The maximum absolute atomic E-state index is 5.30. The molecule has 0 radical (unpaired) electrons. The van der Waals surface area contributed by atoms with Crippen molar-refractivity contribution < 1.29 is 4.74 Å². The zero-order chi connectivity index (χ0) is 9.80. The van der Waals surface area contributed by atoms with Crippen molar-refractivity contribution in [3.05, 3.63) is 30.3 Å². The molecule has 1 saturated heterocycles. The van der Waals surface area contributed by atoms with Crippen molar-refractivity contribution in [1.82, 2.24) is 5.01 Å². The largest absolute Gasteiger partial charge is 0.380 e. The van der Waals surface area contributed by atoms with Crippen molar-refractivity contribution in [2.24, 2.45) is 0 Å². The Morgan fingerprint density at radius 3 is 2.79 bits per heavy atom. The highest BCUT2D eigenvalue weighted by Crippen LogP contribution is 2.14. The highest BCUT2D eigenvalue weighted by molar-refractivity contribution is 5.41. The Hall–Kier alpha value is -1.06. The standard InChI is InChI=1S/C11H16N2O/c1-14-11-7-8-13(9-11)12-10-5-3-2-4-6-10/h2-6,11-12H,7-9H2,1H3. The minimum Gasteiger partial charge on any atom is -0.380 e. The second-order valence-electron chi connectivity index (χ2n) is 3.57. The van der Waals surface area contributed by atoms with E-state index in [-0.39, 0.29) is 0 Å². The van der Waals surface area contributed by atoms with E-state index < -0.39 is 0 Å². The summed E-state index contributed by atoms with van der Waals surface area (Å²) in [4.78, 5) is 0. The molecule has 0 aliphatic carbocycles. The number of hydrogen-bond acceptors (Lipinski definition) is 3. The van der Waals surface area contributed by atoms with Gasteiger partial charge in [-0.3, -0.25) is 0 Å². The van der Waals surface area contributed by atoms with Gasteiger partial charge in [0.2, 0.25) is 0 Å². The van der Waals surface area contributed by atoms with Gasteiger partial charge in [-0.05, 0) is 18.6 Å². The monoisotopic (exact) mass is 192 g/mol. The van der Waals surface area contributed by atoms with E-state index >= 15 is 0 Å². The zero-order valence-corrected chi connectivity index (χ0v) is 8.44. The summed E-state index contributed by atoms with van der Waals surface area (Å²) in [7, 11) is 1.77. The number of anilines is 1. The van der Waals surface area contributed by atoms with E-state index in [1.54, 1.807) is 7.11 Å². The number of rotatable bonds is 3.